The SMILES string of the molecule is CCCCCCCCCCCCCC(=O)OC(COC(=O)CCCCCCCCCC)COC1OC(CO)C(O)C(O)C1O. The second-order valence-electron chi connectivity index (χ2n) is 12.3. The summed E-state index contributed by atoms with van der Waals surface area (Å²) in [6, 6.07) is 0. The summed E-state index contributed by atoms with van der Waals surface area (Å²) in [6.07, 6.45) is 14.2. The quantitative estimate of drug-likeness (QED) is 0.0644. The molecule has 1 heterocycles. The molecule has 1 aliphatic rings. The van der Waals surface area contributed by atoms with Gasteiger partial charge in [0.05, 0.1) is 13.2 Å². The molecule has 260 valence electrons. The fourth-order valence-electron chi connectivity index (χ4n) is 5.36. The lowest BCUT2D eigenvalue weighted by Gasteiger charge is -2.39. The lowest BCUT2D eigenvalue weighted by molar-refractivity contribution is -0.305. The zero-order chi connectivity index (χ0) is 32.4. The number of carbonyl (C=O) groups is 2. The van der Waals surface area contributed by atoms with E-state index in [0.717, 1.165) is 38.5 Å². The van der Waals surface area contributed by atoms with Crippen molar-refractivity contribution >= 4 is 11.9 Å². The smallest absolute Gasteiger partial charge is 0.306 e. The maximum absolute atomic E-state index is 12.6. The summed E-state index contributed by atoms with van der Waals surface area (Å²) >= 11 is 0. The first-order valence-corrected chi connectivity index (χ1v) is 17.6. The number of hydrogen-bond donors (Lipinski definition) is 4. The lowest BCUT2D eigenvalue weighted by Crippen LogP contribution is -2.59. The molecule has 1 aliphatic heterocycles. The third kappa shape index (κ3) is 19.3. The molecule has 0 aromatic carbocycles. The Hall–Kier alpha value is -1.30. The van der Waals surface area contributed by atoms with E-state index in [0.29, 0.717) is 6.42 Å². The standard InChI is InChI=1S/C34H64O10/c1-3-5-7-9-11-13-14-15-17-19-21-23-30(37)43-27(25-41-29(36)22-20-18-16-12-10-8-6-4-2)26-42-34-33(40)32(39)31(38)28(24-35)44-34/h27-28,31-35,38-40H,3-26H2,1-2H3. The molecule has 4 N–H and O–H groups in total. The predicted molar refractivity (Wildman–Crippen MR) is 169 cm³/mol. The topological polar surface area (TPSA) is 152 Å². The number of rotatable bonds is 28. The summed E-state index contributed by atoms with van der Waals surface area (Å²) in [4.78, 5) is 25.0. The summed E-state index contributed by atoms with van der Waals surface area (Å²) in [5, 5.41) is 39.7. The first-order chi connectivity index (χ1) is 21.3. The van der Waals surface area contributed by atoms with Gasteiger partial charge in [-0.05, 0) is 12.8 Å². The summed E-state index contributed by atoms with van der Waals surface area (Å²) in [7, 11) is 0. The van der Waals surface area contributed by atoms with Crippen LogP contribution in [0.15, 0.2) is 0 Å². The Bertz CT molecular complexity index is 704. The van der Waals surface area contributed by atoms with Gasteiger partial charge in [-0.1, -0.05) is 123 Å². The van der Waals surface area contributed by atoms with Crippen LogP contribution >= 0.6 is 0 Å². The van der Waals surface area contributed by atoms with Gasteiger partial charge in [-0.2, -0.15) is 0 Å². The fraction of sp³-hybridized carbons (Fsp3) is 0.941. The Balaban J connectivity index is 2.44. The average Bonchev–Trinajstić information content (AvgIpc) is 3.02. The van der Waals surface area contributed by atoms with Gasteiger partial charge in [0, 0.05) is 12.8 Å². The molecule has 1 fully saturated rings. The maximum Gasteiger partial charge on any atom is 0.306 e. The van der Waals surface area contributed by atoms with Crippen molar-refractivity contribution in [3.05, 3.63) is 0 Å². The summed E-state index contributed by atoms with van der Waals surface area (Å²) in [5.41, 5.74) is 0. The molecule has 0 aromatic heterocycles. The van der Waals surface area contributed by atoms with Crippen LogP contribution < -0.4 is 0 Å². The number of ether oxygens (including phenoxy) is 4. The Morgan fingerprint density at radius 1 is 0.614 bits per heavy atom. The van der Waals surface area contributed by atoms with Crippen LogP contribution in [0.5, 0.6) is 0 Å². The normalized spacial score (nSPS) is 22.5. The van der Waals surface area contributed by atoms with Crippen molar-refractivity contribution < 1.29 is 49.0 Å². The average molecular weight is 633 g/mol. The van der Waals surface area contributed by atoms with Gasteiger partial charge in [-0.25, -0.2) is 0 Å². The zero-order valence-electron chi connectivity index (χ0n) is 27.7. The largest absolute Gasteiger partial charge is 0.462 e. The summed E-state index contributed by atoms with van der Waals surface area (Å²) in [5.74, 6) is -0.808. The van der Waals surface area contributed by atoms with E-state index in [-0.39, 0.29) is 32.0 Å². The number of hydrogen-bond acceptors (Lipinski definition) is 10. The van der Waals surface area contributed by atoms with Gasteiger partial charge in [-0.15, -0.1) is 0 Å². The van der Waals surface area contributed by atoms with Crippen LogP contribution in [-0.4, -0.2) is 89.0 Å². The van der Waals surface area contributed by atoms with E-state index >= 15 is 0 Å². The molecule has 6 unspecified atom stereocenters. The van der Waals surface area contributed by atoms with Crippen molar-refractivity contribution in [1.29, 1.82) is 0 Å². The van der Waals surface area contributed by atoms with Crippen molar-refractivity contribution in [3.63, 3.8) is 0 Å². The molecule has 44 heavy (non-hydrogen) atoms. The van der Waals surface area contributed by atoms with Gasteiger partial charge in [0.15, 0.2) is 12.4 Å². The number of carbonyl (C=O) groups excluding carboxylic acids is 2. The van der Waals surface area contributed by atoms with Crippen LogP contribution in [0.1, 0.15) is 149 Å². The number of esters is 2. The van der Waals surface area contributed by atoms with Gasteiger partial charge in [0.1, 0.15) is 31.0 Å². The highest BCUT2D eigenvalue weighted by atomic mass is 16.7. The van der Waals surface area contributed by atoms with Crippen molar-refractivity contribution in [2.24, 2.45) is 0 Å². The maximum atomic E-state index is 12.6. The van der Waals surface area contributed by atoms with Crippen LogP contribution in [0.3, 0.4) is 0 Å². The van der Waals surface area contributed by atoms with Crippen LogP contribution in [0.25, 0.3) is 0 Å². The Kier molecular flexibility index (Phi) is 24.9. The molecule has 10 heteroatoms. The molecule has 0 aliphatic carbocycles. The second-order valence-corrected chi connectivity index (χ2v) is 12.3. The molecule has 6 atom stereocenters. The minimum absolute atomic E-state index is 0.211. The summed E-state index contributed by atoms with van der Waals surface area (Å²) < 4.78 is 21.9. The van der Waals surface area contributed by atoms with Crippen molar-refractivity contribution in [3.8, 4) is 0 Å². The fourth-order valence-corrected chi connectivity index (χ4v) is 5.36. The van der Waals surface area contributed by atoms with E-state index in [1.165, 1.54) is 77.0 Å². The third-order valence-corrected chi connectivity index (χ3v) is 8.24. The van der Waals surface area contributed by atoms with E-state index in [2.05, 4.69) is 13.8 Å². The number of unbranched alkanes of at least 4 members (excludes halogenated alkanes) is 17. The Morgan fingerprint density at radius 3 is 1.55 bits per heavy atom. The second kappa shape index (κ2) is 26.9. The molecular weight excluding hydrogens is 568 g/mol. The molecule has 10 nitrogen and oxygen atoms in total. The highest BCUT2D eigenvalue weighted by Gasteiger charge is 2.44. The van der Waals surface area contributed by atoms with E-state index in [4.69, 9.17) is 18.9 Å². The van der Waals surface area contributed by atoms with Gasteiger partial charge < -0.3 is 39.4 Å². The minimum atomic E-state index is -1.59. The van der Waals surface area contributed by atoms with Gasteiger partial charge >= 0.3 is 11.9 Å². The van der Waals surface area contributed by atoms with Gasteiger partial charge in [-0.3, -0.25) is 9.59 Å². The number of aliphatic hydroxyl groups is 4. The van der Waals surface area contributed by atoms with Crippen LogP contribution in [0, 0.1) is 0 Å². The molecule has 1 saturated heterocycles. The van der Waals surface area contributed by atoms with Crippen molar-refractivity contribution in [2.45, 2.75) is 185 Å². The summed E-state index contributed by atoms with van der Waals surface area (Å²) in [6.45, 7) is 3.35. The molecule has 1 rings (SSSR count). The highest BCUT2D eigenvalue weighted by molar-refractivity contribution is 5.70. The van der Waals surface area contributed by atoms with Crippen LogP contribution in [0.2, 0.25) is 0 Å². The first kappa shape index (κ1) is 40.7. The van der Waals surface area contributed by atoms with Crippen molar-refractivity contribution in [2.75, 3.05) is 19.8 Å². The van der Waals surface area contributed by atoms with Gasteiger partial charge in [0.25, 0.3) is 0 Å². The lowest BCUT2D eigenvalue weighted by atomic mass is 9.99. The minimum Gasteiger partial charge on any atom is -0.462 e. The monoisotopic (exact) mass is 632 g/mol. The molecule has 0 amide bonds. The molecule has 0 spiro atoms. The first-order valence-electron chi connectivity index (χ1n) is 17.6. The van der Waals surface area contributed by atoms with Crippen molar-refractivity contribution in [1.82, 2.24) is 0 Å². The van der Waals surface area contributed by atoms with E-state index in [1.54, 1.807) is 0 Å². The van der Waals surface area contributed by atoms with Gasteiger partial charge in [0.2, 0.25) is 0 Å². The zero-order valence-corrected chi connectivity index (χ0v) is 27.7. The molecule has 0 bridgehead atoms. The predicted octanol–water partition coefficient (Wildman–Crippen LogP) is 5.49. The molecule has 0 aromatic rings. The Labute approximate surface area is 266 Å². The Morgan fingerprint density at radius 2 is 1.07 bits per heavy atom. The van der Waals surface area contributed by atoms with Crippen LogP contribution in [-0.2, 0) is 28.5 Å². The molecule has 0 saturated carbocycles. The van der Waals surface area contributed by atoms with Crippen LogP contribution in [0.4, 0.5) is 0 Å². The van der Waals surface area contributed by atoms with E-state index < -0.39 is 49.4 Å². The van der Waals surface area contributed by atoms with E-state index in [9.17, 15) is 30.0 Å². The number of aliphatic hydroxyl groups excluding tert-OH is 4. The van der Waals surface area contributed by atoms with E-state index in [1.807, 2.05) is 0 Å². The highest BCUT2D eigenvalue weighted by Crippen LogP contribution is 2.22. The third-order valence-electron chi connectivity index (χ3n) is 8.24. The molecular formula is C34H64O10. The molecule has 0 radical (unpaired) electrons.